The number of benzene rings is 1. The van der Waals surface area contributed by atoms with Crippen molar-refractivity contribution in [2.24, 2.45) is 0 Å². The molecule has 1 aromatic carbocycles. The second-order valence-electron chi connectivity index (χ2n) is 4.10. The van der Waals surface area contributed by atoms with Crippen molar-refractivity contribution in [3.05, 3.63) is 45.7 Å². The van der Waals surface area contributed by atoms with Gasteiger partial charge < -0.3 is 9.30 Å². The molecule has 0 aliphatic rings. The van der Waals surface area contributed by atoms with Crippen LogP contribution in [0.4, 0.5) is 0 Å². The maximum absolute atomic E-state index is 11.0. The van der Waals surface area contributed by atoms with Crippen molar-refractivity contribution in [3.63, 3.8) is 0 Å². The molecule has 2 aromatic rings. The molecule has 0 amide bonds. The lowest BCUT2D eigenvalue weighted by Gasteiger charge is -2.12. The van der Waals surface area contributed by atoms with Gasteiger partial charge in [0.25, 0.3) is 0 Å². The predicted octanol–water partition coefficient (Wildman–Crippen LogP) is 3.68. The fourth-order valence-corrected chi connectivity index (χ4v) is 2.50. The standard InChI is InChI=1S/C14H14BrNO2/c1-9-6-11(8-17)10(2)16(9)12-4-5-13(15)14(7-12)18-3/h4-8H,1-3H3. The zero-order valence-electron chi connectivity index (χ0n) is 10.5. The molecule has 3 nitrogen and oxygen atoms in total. The van der Waals surface area contributed by atoms with Crippen molar-refractivity contribution >= 4 is 22.2 Å². The fraction of sp³-hybridized carbons (Fsp3) is 0.214. The van der Waals surface area contributed by atoms with Crippen molar-refractivity contribution in [3.8, 4) is 11.4 Å². The van der Waals surface area contributed by atoms with E-state index in [2.05, 4.69) is 15.9 Å². The second kappa shape index (κ2) is 4.98. The van der Waals surface area contributed by atoms with Crippen molar-refractivity contribution in [2.75, 3.05) is 7.11 Å². The number of carbonyl (C=O) groups is 1. The summed E-state index contributed by atoms with van der Waals surface area (Å²) in [6.45, 7) is 3.92. The predicted molar refractivity (Wildman–Crippen MR) is 74.9 cm³/mol. The maximum atomic E-state index is 11.0. The molecule has 0 unspecified atom stereocenters. The average Bonchev–Trinajstić information content (AvgIpc) is 2.65. The summed E-state index contributed by atoms with van der Waals surface area (Å²) >= 11 is 3.43. The van der Waals surface area contributed by atoms with E-state index in [-0.39, 0.29) is 0 Å². The highest BCUT2D eigenvalue weighted by atomic mass is 79.9. The van der Waals surface area contributed by atoms with E-state index in [0.717, 1.165) is 39.1 Å². The quantitative estimate of drug-likeness (QED) is 0.810. The molecule has 18 heavy (non-hydrogen) atoms. The van der Waals surface area contributed by atoms with Crippen LogP contribution < -0.4 is 4.74 Å². The molecule has 0 bridgehead atoms. The third-order valence-electron chi connectivity index (χ3n) is 2.99. The monoisotopic (exact) mass is 307 g/mol. The van der Waals surface area contributed by atoms with Crippen molar-refractivity contribution in [1.29, 1.82) is 0 Å². The minimum atomic E-state index is 0.717. The Labute approximate surface area is 115 Å². The van der Waals surface area contributed by atoms with Crippen molar-refractivity contribution < 1.29 is 9.53 Å². The first kappa shape index (κ1) is 12.9. The summed E-state index contributed by atoms with van der Waals surface area (Å²) in [5.74, 6) is 0.771. The van der Waals surface area contributed by atoms with E-state index < -0.39 is 0 Å². The summed E-state index contributed by atoms with van der Waals surface area (Å²) < 4.78 is 8.24. The number of hydrogen-bond acceptors (Lipinski definition) is 2. The third-order valence-corrected chi connectivity index (χ3v) is 3.65. The van der Waals surface area contributed by atoms with Crippen LogP contribution in [0.2, 0.25) is 0 Å². The minimum absolute atomic E-state index is 0.717. The van der Waals surface area contributed by atoms with E-state index in [1.165, 1.54) is 0 Å². The topological polar surface area (TPSA) is 31.2 Å². The number of ether oxygens (including phenoxy) is 1. The molecule has 0 radical (unpaired) electrons. The van der Waals surface area contributed by atoms with Crippen LogP contribution in [0.15, 0.2) is 28.7 Å². The average molecular weight is 308 g/mol. The van der Waals surface area contributed by atoms with Gasteiger partial charge in [-0.2, -0.15) is 0 Å². The van der Waals surface area contributed by atoms with Crippen LogP contribution in [0.25, 0.3) is 5.69 Å². The first-order valence-electron chi connectivity index (χ1n) is 5.56. The number of methoxy groups -OCH3 is 1. The molecule has 0 fully saturated rings. The molecule has 0 saturated heterocycles. The van der Waals surface area contributed by atoms with Gasteiger partial charge in [0, 0.05) is 28.7 Å². The minimum Gasteiger partial charge on any atom is -0.495 e. The van der Waals surface area contributed by atoms with Gasteiger partial charge in [0.15, 0.2) is 6.29 Å². The lowest BCUT2D eigenvalue weighted by atomic mass is 10.2. The molecule has 2 rings (SSSR count). The molecule has 0 aliphatic carbocycles. The number of aryl methyl sites for hydroxylation is 1. The molecule has 1 heterocycles. The van der Waals surface area contributed by atoms with Crippen LogP contribution >= 0.6 is 15.9 Å². The summed E-state index contributed by atoms with van der Waals surface area (Å²) in [5, 5.41) is 0. The van der Waals surface area contributed by atoms with Gasteiger partial charge in [0.2, 0.25) is 0 Å². The Morgan fingerprint density at radius 2 is 2.00 bits per heavy atom. The van der Waals surface area contributed by atoms with Gasteiger partial charge in [-0.15, -0.1) is 0 Å². The molecule has 0 spiro atoms. The third kappa shape index (κ3) is 2.08. The van der Waals surface area contributed by atoms with Gasteiger partial charge in [-0.3, -0.25) is 4.79 Å². The van der Waals surface area contributed by atoms with E-state index in [4.69, 9.17) is 4.74 Å². The molecule has 0 saturated carbocycles. The Morgan fingerprint density at radius 1 is 1.28 bits per heavy atom. The Kier molecular flexibility index (Phi) is 3.57. The number of halogens is 1. The van der Waals surface area contributed by atoms with Crippen LogP contribution in [-0.4, -0.2) is 18.0 Å². The highest BCUT2D eigenvalue weighted by molar-refractivity contribution is 9.10. The summed E-state index contributed by atoms with van der Waals surface area (Å²) in [6, 6.07) is 7.75. The van der Waals surface area contributed by atoms with Crippen LogP contribution in [0, 0.1) is 13.8 Å². The normalized spacial score (nSPS) is 10.4. The Bertz CT molecular complexity index is 602. The largest absolute Gasteiger partial charge is 0.495 e. The molecular weight excluding hydrogens is 294 g/mol. The van der Waals surface area contributed by atoms with E-state index in [1.807, 2.05) is 42.7 Å². The summed E-state index contributed by atoms with van der Waals surface area (Å²) in [5.41, 5.74) is 3.67. The molecular formula is C14H14BrNO2. The number of carbonyl (C=O) groups excluding carboxylic acids is 1. The van der Waals surface area contributed by atoms with Gasteiger partial charge in [-0.25, -0.2) is 0 Å². The molecule has 1 aromatic heterocycles. The highest BCUT2D eigenvalue weighted by Crippen LogP contribution is 2.29. The Morgan fingerprint density at radius 3 is 2.56 bits per heavy atom. The number of aldehydes is 1. The van der Waals surface area contributed by atoms with Crippen LogP contribution in [0.3, 0.4) is 0 Å². The first-order chi connectivity index (χ1) is 8.58. The van der Waals surface area contributed by atoms with Gasteiger partial charge in [0.1, 0.15) is 5.75 Å². The number of nitrogens with zero attached hydrogens (tertiary/aromatic N) is 1. The van der Waals surface area contributed by atoms with E-state index in [9.17, 15) is 4.79 Å². The lowest BCUT2D eigenvalue weighted by Crippen LogP contribution is -2.00. The molecule has 94 valence electrons. The van der Waals surface area contributed by atoms with Crippen LogP contribution in [-0.2, 0) is 0 Å². The molecule has 0 aliphatic heterocycles. The summed E-state index contributed by atoms with van der Waals surface area (Å²) in [7, 11) is 1.64. The summed E-state index contributed by atoms with van der Waals surface area (Å²) in [4.78, 5) is 11.0. The van der Waals surface area contributed by atoms with Gasteiger partial charge in [0.05, 0.1) is 11.6 Å². The van der Waals surface area contributed by atoms with Crippen LogP contribution in [0.1, 0.15) is 21.7 Å². The Hall–Kier alpha value is -1.55. The molecule has 0 atom stereocenters. The smallest absolute Gasteiger partial charge is 0.151 e. The second-order valence-corrected chi connectivity index (χ2v) is 4.95. The van der Waals surface area contributed by atoms with Gasteiger partial charge >= 0.3 is 0 Å². The Balaban J connectivity index is 2.62. The maximum Gasteiger partial charge on any atom is 0.151 e. The number of rotatable bonds is 3. The number of aromatic nitrogens is 1. The first-order valence-corrected chi connectivity index (χ1v) is 6.35. The van der Waals surface area contributed by atoms with E-state index in [1.54, 1.807) is 7.11 Å². The van der Waals surface area contributed by atoms with Crippen molar-refractivity contribution in [1.82, 2.24) is 4.57 Å². The summed E-state index contributed by atoms with van der Waals surface area (Å²) in [6.07, 6.45) is 0.884. The van der Waals surface area contributed by atoms with Gasteiger partial charge in [-0.05, 0) is 48.0 Å². The highest BCUT2D eigenvalue weighted by Gasteiger charge is 2.11. The zero-order valence-corrected chi connectivity index (χ0v) is 12.1. The SMILES string of the molecule is COc1cc(-n2c(C)cc(C=O)c2C)ccc1Br. The van der Waals surface area contributed by atoms with Gasteiger partial charge in [-0.1, -0.05) is 0 Å². The lowest BCUT2D eigenvalue weighted by molar-refractivity contribution is 0.112. The zero-order chi connectivity index (χ0) is 13.3. The molecule has 0 N–H and O–H groups in total. The van der Waals surface area contributed by atoms with E-state index >= 15 is 0 Å². The van der Waals surface area contributed by atoms with Crippen LogP contribution in [0.5, 0.6) is 5.75 Å². The van der Waals surface area contributed by atoms with Crippen molar-refractivity contribution in [2.45, 2.75) is 13.8 Å². The van der Waals surface area contributed by atoms with E-state index in [0.29, 0.717) is 0 Å². The number of hydrogen-bond donors (Lipinski definition) is 0. The fourth-order valence-electron chi connectivity index (χ4n) is 2.09. The molecule has 4 heteroatoms.